The average Bonchev–Trinajstić information content (AvgIpc) is 3.05. The minimum absolute atomic E-state index is 0.244. The first kappa shape index (κ1) is 16.0. The minimum Gasteiger partial charge on any atom is -0.497 e. The van der Waals surface area contributed by atoms with Crippen molar-refractivity contribution in [3.05, 3.63) is 48.3 Å². The highest BCUT2D eigenvalue weighted by Gasteiger charge is 2.11. The van der Waals surface area contributed by atoms with Gasteiger partial charge >= 0.3 is 0 Å². The molecule has 0 fully saturated rings. The zero-order valence-corrected chi connectivity index (χ0v) is 13.8. The first-order valence-corrected chi connectivity index (χ1v) is 7.99. The van der Waals surface area contributed by atoms with Gasteiger partial charge in [-0.1, -0.05) is 19.4 Å². The number of aromatic nitrogens is 3. The number of amides is 1. The summed E-state index contributed by atoms with van der Waals surface area (Å²) < 4.78 is 7.00. The van der Waals surface area contributed by atoms with E-state index in [1.165, 1.54) is 0 Å². The van der Waals surface area contributed by atoms with E-state index in [1.807, 2.05) is 24.3 Å². The fourth-order valence-corrected chi connectivity index (χ4v) is 2.46. The molecule has 0 saturated heterocycles. The van der Waals surface area contributed by atoms with Crippen molar-refractivity contribution in [2.75, 3.05) is 12.4 Å². The molecule has 24 heavy (non-hydrogen) atoms. The van der Waals surface area contributed by atoms with Gasteiger partial charge < -0.3 is 10.1 Å². The summed E-state index contributed by atoms with van der Waals surface area (Å²) in [5.41, 5.74) is 1.12. The molecule has 0 bridgehead atoms. The lowest BCUT2D eigenvalue weighted by atomic mass is 10.2. The van der Waals surface area contributed by atoms with Crippen molar-refractivity contribution in [3.63, 3.8) is 0 Å². The summed E-state index contributed by atoms with van der Waals surface area (Å²) in [4.78, 5) is 16.9. The van der Waals surface area contributed by atoms with Crippen LogP contribution < -0.4 is 10.1 Å². The van der Waals surface area contributed by atoms with Gasteiger partial charge in [0.2, 0.25) is 0 Å². The summed E-state index contributed by atoms with van der Waals surface area (Å²) in [5.74, 6) is 1.21. The summed E-state index contributed by atoms with van der Waals surface area (Å²) >= 11 is 0. The number of anilines is 1. The lowest BCUT2D eigenvalue weighted by molar-refractivity contribution is 0.102. The summed E-state index contributed by atoms with van der Waals surface area (Å²) in [5, 5.41) is 8.04. The molecule has 0 saturated carbocycles. The summed E-state index contributed by atoms with van der Waals surface area (Å²) in [6, 6.07) is 10.9. The molecule has 1 amide bonds. The van der Waals surface area contributed by atoms with Crippen LogP contribution in [0.15, 0.2) is 42.6 Å². The number of nitrogens with one attached hydrogen (secondary N) is 1. The number of fused-ring (bicyclic) bond motifs is 1. The maximum absolute atomic E-state index is 12.5. The number of hydrogen-bond acceptors (Lipinski definition) is 4. The van der Waals surface area contributed by atoms with Crippen molar-refractivity contribution in [1.29, 1.82) is 0 Å². The molecule has 0 atom stereocenters. The van der Waals surface area contributed by atoms with Crippen LogP contribution in [-0.2, 0) is 6.54 Å². The number of methoxy groups -OCH3 is 1. The van der Waals surface area contributed by atoms with Crippen LogP contribution >= 0.6 is 0 Å². The molecule has 2 heterocycles. The summed E-state index contributed by atoms with van der Waals surface area (Å²) in [6.07, 6.45) is 3.77. The molecule has 0 aliphatic rings. The topological polar surface area (TPSA) is 69.0 Å². The number of unbranched alkanes of at least 4 members (excludes halogenated alkanes) is 1. The van der Waals surface area contributed by atoms with E-state index in [2.05, 4.69) is 22.3 Å². The molecule has 0 radical (unpaired) electrons. The quantitative estimate of drug-likeness (QED) is 0.753. The number of rotatable bonds is 6. The van der Waals surface area contributed by atoms with E-state index < -0.39 is 0 Å². The van der Waals surface area contributed by atoms with Gasteiger partial charge in [-0.25, -0.2) is 9.67 Å². The maximum atomic E-state index is 12.5. The first-order valence-electron chi connectivity index (χ1n) is 7.99. The SMILES string of the molecule is CCCCn1nccc1NC(=O)c1ccc2cc(OC)ccc2n1. The zero-order chi connectivity index (χ0) is 16.9. The van der Waals surface area contributed by atoms with Gasteiger partial charge in [-0.3, -0.25) is 4.79 Å². The first-order chi connectivity index (χ1) is 11.7. The predicted octanol–water partition coefficient (Wildman–Crippen LogP) is 3.49. The second-order valence-electron chi connectivity index (χ2n) is 5.50. The van der Waals surface area contributed by atoms with Gasteiger partial charge in [-0.05, 0) is 30.7 Å². The van der Waals surface area contributed by atoms with Crippen LogP contribution in [-0.4, -0.2) is 27.8 Å². The van der Waals surface area contributed by atoms with E-state index >= 15 is 0 Å². The van der Waals surface area contributed by atoms with Gasteiger partial charge in [-0.2, -0.15) is 5.10 Å². The van der Waals surface area contributed by atoms with Crippen LogP contribution in [0, 0.1) is 0 Å². The van der Waals surface area contributed by atoms with Gasteiger partial charge in [0.1, 0.15) is 17.3 Å². The lowest BCUT2D eigenvalue weighted by Gasteiger charge is -2.09. The molecule has 2 aromatic heterocycles. The second-order valence-corrected chi connectivity index (χ2v) is 5.50. The Morgan fingerprint density at radius 3 is 2.92 bits per heavy atom. The normalized spacial score (nSPS) is 10.8. The van der Waals surface area contributed by atoms with E-state index in [1.54, 1.807) is 30.1 Å². The Bertz CT molecular complexity index is 857. The molecule has 3 aromatic rings. The monoisotopic (exact) mass is 324 g/mol. The number of carbonyl (C=O) groups excluding carboxylic acids is 1. The third-order valence-electron chi connectivity index (χ3n) is 3.81. The Morgan fingerprint density at radius 1 is 1.25 bits per heavy atom. The second kappa shape index (κ2) is 7.12. The Balaban J connectivity index is 1.80. The van der Waals surface area contributed by atoms with Crippen molar-refractivity contribution in [2.45, 2.75) is 26.3 Å². The maximum Gasteiger partial charge on any atom is 0.275 e. The molecule has 0 aliphatic carbocycles. The number of carbonyl (C=O) groups is 1. The molecular formula is C18H20N4O2. The van der Waals surface area contributed by atoms with Crippen LogP contribution in [0.25, 0.3) is 10.9 Å². The Hall–Kier alpha value is -2.89. The molecule has 0 aliphatic heterocycles. The van der Waals surface area contributed by atoms with Crippen LogP contribution in [0.4, 0.5) is 5.82 Å². The molecule has 0 spiro atoms. The minimum atomic E-state index is -0.244. The van der Waals surface area contributed by atoms with Crippen molar-refractivity contribution >= 4 is 22.6 Å². The fourth-order valence-electron chi connectivity index (χ4n) is 2.46. The Morgan fingerprint density at radius 2 is 2.12 bits per heavy atom. The van der Waals surface area contributed by atoms with E-state index in [-0.39, 0.29) is 5.91 Å². The predicted molar refractivity (Wildman–Crippen MR) is 93.4 cm³/mol. The van der Waals surface area contributed by atoms with E-state index in [4.69, 9.17) is 4.74 Å². The van der Waals surface area contributed by atoms with E-state index in [9.17, 15) is 4.79 Å². The summed E-state index contributed by atoms with van der Waals surface area (Å²) in [7, 11) is 1.62. The Kier molecular flexibility index (Phi) is 4.74. The van der Waals surface area contributed by atoms with Gasteiger partial charge in [-0.15, -0.1) is 0 Å². The number of benzene rings is 1. The lowest BCUT2D eigenvalue weighted by Crippen LogP contribution is -2.17. The smallest absolute Gasteiger partial charge is 0.275 e. The average molecular weight is 324 g/mol. The molecule has 6 nitrogen and oxygen atoms in total. The molecule has 1 N–H and O–H groups in total. The van der Waals surface area contributed by atoms with Crippen molar-refractivity contribution in [1.82, 2.24) is 14.8 Å². The highest BCUT2D eigenvalue weighted by atomic mass is 16.5. The van der Waals surface area contributed by atoms with Crippen LogP contribution in [0.3, 0.4) is 0 Å². The fraction of sp³-hybridized carbons (Fsp3) is 0.278. The summed E-state index contributed by atoms with van der Waals surface area (Å²) in [6.45, 7) is 2.90. The molecule has 6 heteroatoms. The number of nitrogens with zero attached hydrogens (tertiary/aromatic N) is 3. The highest BCUT2D eigenvalue weighted by molar-refractivity contribution is 6.03. The van der Waals surface area contributed by atoms with Crippen LogP contribution in [0.1, 0.15) is 30.3 Å². The third kappa shape index (κ3) is 3.37. The van der Waals surface area contributed by atoms with Gasteiger partial charge in [0.15, 0.2) is 0 Å². The molecular weight excluding hydrogens is 304 g/mol. The molecule has 124 valence electrons. The number of hydrogen-bond donors (Lipinski definition) is 1. The van der Waals surface area contributed by atoms with Gasteiger partial charge in [0.25, 0.3) is 5.91 Å². The number of ether oxygens (including phenoxy) is 1. The number of pyridine rings is 1. The third-order valence-corrected chi connectivity index (χ3v) is 3.81. The molecule has 0 unspecified atom stereocenters. The zero-order valence-electron chi connectivity index (χ0n) is 13.8. The van der Waals surface area contributed by atoms with Gasteiger partial charge in [0, 0.05) is 18.0 Å². The molecule has 1 aromatic carbocycles. The molecule has 3 rings (SSSR count). The Labute approximate surface area is 140 Å². The highest BCUT2D eigenvalue weighted by Crippen LogP contribution is 2.20. The van der Waals surface area contributed by atoms with E-state index in [0.29, 0.717) is 11.5 Å². The van der Waals surface area contributed by atoms with Crippen molar-refractivity contribution < 1.29 is 9.53 Å². The number of aryl methyl sites for hydroxylation is 1. The van der Waals surface area contributed by atoms with E-state index in [0.717, 1.165) is 36.0 Å². The van der Waals surface area contributed by atoms with Crippen LogP contribution in [0.2, 0.25) is 0 Å². The van der Waals surface area contributed by atoms with Crippen molar-refractivity contribution in [3.8, 4) is 5.75 Å². The standard InChI is InChI=1S/C18H20N4O2/c1-3-4-11-22-17(9-10-19-22)21-18(23)16-7-5-13-12-14(24-2)6-8-15(13)20-16/h5-10,12H,3-4,11H2,1-2H3,(H,21,23). The van der Waals surface area contributed by atoms with Crippen LogP contribution in [0.5, 0.6) is 5.75 Å². The largest absolute Gasteiger partial charge is 0.497 e. The van der Waals surface area contributed by atoms with Gasteiger partial charge in [0.05, 0.1) is 18.8 Å². The van der Waals surface area contributed by atoms with Crippen molar-refractivity contribution in [2.24, 2.45) is 0 Å².